The molecule has 0 unspecified atom stereocenters. The molecule has 2 rings (SSSR count). The number of hydrogen-bond donors (Lipinski definition) is 0. The van der Waals surface area contributed by atoms with Crippen molar-refractivity contribution in [3.8, 4) is 0 Å². The van der Waals surface area contributed by atoms with Crippen molar-refractivity contribution < 1.29 is 4.79 Å². The molecular formula is C9H9BrN2O. The molecule has 1 atom stereocenters. The predicted octanol–water partition coefficient (Wildman–Crippen LogP) is 1.58. The zero-order valence-corrected chi connectivity index (χ0v) is 8.57. The molecule has 1 aromatic heterocycles. The second kappa shape index (κ2) is 3.46. The number of anilines is 1. The second-order valence-electron chi connectivity index (χ2n) is 2.93. The molecule has 0 radical (unpaired) electrons. The number of pyridine rings is 1. The molecule has 1 aliphatic rings. The summed E-state index contributed by atoms with van der Waals surface area (Å²) in [5, 5.41) is 0. The van der Waals surface area contributed by atoms with E-state index in [1.54, 1.807) is 11.1 Å². The minimum atomic E-state index is -0.0329. The lowest BCUT2D eigenvalue weighted by Gasteiger charge is -2.13. The molecule has 0 aliphatic carbocycles. The van der Waals surface area contributed by atoms with E-state index in [9.17, 15) is 4.79 Å². The van der Waals surface area contributed by atoms with E-state index in [0.717, 1.165) is 18.8 Å². The van der Waals surface area contributed by atoms with Crippen LogP contribution in [0.15, 0.2) is 24.4 Å². The largest absolute Gasteiger partial charge is 0.296 e. The average Bonchev–Trinajstić information content (AvgIpc) is 2.49. The maximum Gasteiger partial charge on any atom is 0.241 e. The van der Waals surface area contributed by atoms with Crippen LogP contribution in [0.5, 0.6) is 0 Å². The summed E-state index contributed by atoms with van der Waals surface area (Å²) in [6.45, 7) is 0.756. The van der Waals surface area contributed by atoms with Crippen LogP contribution in [0.1, 0.15) is 6.42 Å². The van der Waals surface area contributed by atoms with Crippen molar-refractivity contribution in [2.75, 3.05) is 11.4 Å². The van der Waals surface area contributed by atoms with Crippen molar-refractivity contribution in [1.82, 2.24) is 4.98 Å². The first-order chi connectivity index (χ1) is 6.29. The van der Waals surface area contributed by atoms with Gasteiger partial charge in [-0.3, -0.25) is 9.69 Å². The highest BCUT2D eigenvalue weighted by atomic mass is 79.9. The fourth-order valence-corrected chi connectivity index (χ4v) is 1.84. The smallest absolute Gasteiger partial charge is 0.241 e. The summed E-state index contributed by atoms with van der Waals surface area (Å²) in [5.41, 5.74) is 0. The van der Waals surface area contributed by atoms with Gasteiger partial charge in [-0.1, -0.05) is 22.0 Å². The Morgan fingerprint density at radius 2 is 2.38 bits per heavy atom. The van der Waals surface area contributed by atoms with E-state index in [1.807, 2.05) is 18.2 Å². The van der Waals surface area contributed by atoms with Gasteiger partial charge in [0.05, 0.1) is 4.83 Å². The van der Waals surface area contributed by atoms with Gasteiger partial charge >= 0.3 is 0 Å². The number of carbonyl (C=O) groups is 1. The first kappa shape index (κ1) is 8.69. The van der Waals surface area contributed by atoms with Crippen LogP contribution in [0.2, 0.25) is 0 Å². The minimum absolute atomic E-state index is 0.0329. The number of aromatic nitrogens is 1. The van der Waals surface area contributed by atoms with Crippen LogP contribution in [0.4, 0.5) is 5.82 Å². The Bertz CT molecular complexity index is 315. The molecule has 0 N–H and O–H groups in total. The van der Waals surface area contributed by atoms with E-state index in [2.05, 4.69) is 20.9 Å². The van der Waals surface area contributed by atoms with Crippen LogP contribution in [-0.2, 0) is 4.79 Å². The Morgan fingerprint density at radius 1 is 1.54 bits per heavy atom. The van der Waals surface area contributed by atoms with Crippen LogP contribution >= 0.6 is 15.9 Å². The van der Waals surface area contributed by atoms with Gasteiger partial charge in [0.1, 0.15) is 5.82 Å². The molecule has 0 aromatic carbocycles. The van der Waals surface area contributed by atoms with Crippen LogP contribution in [0.3, 0.4) is 0 Å². The van der Waals surface area contributed by atoms with Gasteiger partial charge in [0.25, 0.3) is 0 Å². The zero-order chi connectivity index (χ0) is 9.26. The van der Waals surface area contributed by atoms with Crippen molar-refractivity contribution in [3.63, 3.8) is 0 Å². The fraction of sp³-hybridized carbons (Fsp3) is 0.333. The summed E-state index contributed by atoms with van der Waals surface area (Å²) in [6.07, 6.45) is 2.56. The van der Waals surface area contributed by atoms with Crippen molar-refractivity contribution in [3.05, 3.63) is 24.4 Å². The Labute approximate surface area is 84.9 Å². The third-order valence-corrected chi connectivity index (χ3v) is 2.92. The molecule has 2 heterocycles. The summed E-state index contributed by atoms with van der Waals surface area (Å²) < 4.78 is 0. The van der Waals surface area contributed by atoms with Gasteiger partial charge in [-0.15, -0.1) is 0 Å². The molecule has 1 amide bonds. The van der Waals surface area contributed by atoms with Gasteiger partial charge < -0.3 is 0 Å². The Hall–Kier alpha value is -0.900. The van der Waals surface area contributed by atoms with Gasteiger partial charge in [0.15, 0.2) is 0 Å². The molecule has 1 aliphatic heterocycles. The van der Waals surface area contributed by atoms with Gasteiger partial charge in [0, 0.05) is 12.7 Å². The minimum Gasteiger partial charge on any atom is -0.296 e. The third kappa shape index (κ3) is 1.58. The summed E-state index contributed by atoms with van der Waals surface area (Å²) >= 11 is 3.32. The van der Waals surface area contributed by atoms with E-state index in [0.29, 0.717) is 0 Å². The summed E-state index contributed by atoms with van der Waals surface area (Å²) in [4.78, 5) is 17.3. The average molecular weight is 241 g/mol. The lowest BCUT2D eigenvalue weighted by molar-refractivity contribution is -0.116. The lowest BCUT2D eigenvalue weighted by Crippen LogP contribution is -2.27. The molecule has 4 heteroatoms. The highest BCUT2D eigenvalue weighted by Gasteiger charge is 2.30. The maximum absolute atomic E-state index is 11.5. The first-order valence-electron chi connectivity index (χ1n) is 4.15. The molecule has 1 aromatic rings. The highest BCUT2D eigenvalue weighted by Crippen LogP contribution is 2.22. The van der Waals surface area contributed by atoms with Crippen LogP contribution < -0.4 is 4.90 Å². The standard InChI is InChI=1S/C9H9BrN2O/c10-7-4-6-12(9(7)13)8-3-1-2-5-11-8/h1-3,5,7H,4,6H2/t7-/m1/s1. The quantitative estimate of drug-likeness (QED) is 0.699. The van der Waals surface area contributed by atoms with Gasteiger partial charge in [-0.25, -0.2) is 4.98 Å². The molecule has 0 bridgehead atoms. The lowest BCUT2D eigenvalue weighted by atomic mass is 10.4. The van der Waals surface area contributed by atoms with E-state index < -0.39 is 0 Å². The summed E-state index contributed by atoms with van der Waals surface area (Å²) in [7, 11) is 0. The monoisotopic (exact) mass is 240 g/mol. The predicted molar refractivity (Wildman–Crippen MR) is 53.9 cm³/mol. The molecule has 1 fully saturated rings. The van der Waals surface area contributed by atoms with E-state index >= 15 is 0 Å². The van der Waals surface area contributed by atoms with Crippen molar-refractivity contribution >= 4 is 27.7 Å². The normalized spacial score (nSPS) is 22.4. The first-order valence-corrected chi connectivity index (χ1v) is 5.07. The van der Waals surface area contributed by atoms with Crippen LogP contribution in [0, 0.1) is 0 Å². The Balaban J connectivity index is 2.24. The van der Waals surface area contributed by atoms with Crippen molar-refractivity contribution in [2.45, 2.75) is 11.2 Å². The topological polar surface area (TPSA) is 33.2 Å². The van der Waals surface area contributed by atoms with E-state index in [-0.39, 0.29) is 10.7 Å². The summed E-state index contributed by atoms with van der Waals surface area (Å²) in [5.74, 6) is 0.855. The molecule has 68 valence electrons. The molecule has 0 saturated carbocycles. The van der Waals surface area contributed by atoms with Crippen LogP contribution in [0.25, 0.3) is 0 Å². The fourth-order valence-electron chi connectivity index (χ4n) is 1.39. The Kier molecular flexibility index (Phi) is 2.31. The van der Waals surface area contributed by atoms with E-state index in [4.69, 9.17) is 0 Å². The maximum atomic E-state index is 11.5. The third-order valence-electron chi connectivity index (χ3n) is 2.07. The van der Waals surface area contributed by atoms with Gasteiger partial charge in [-0.2, -0.15) is 0 Å². The van der Waals surface area contributed by atoms with Gasteiger partial charge in [-0.05, 0) is 18.6 Å². The molecule has 3 nitrogen and oxygen atoms in total. The molecule has 13 heavy (non-hydrogen) atoms. The van der Waals surface area contributed by atoms with Crippen molar-refractivity contribution in [1.29, 1.82) is 0 Å². The van der Waals surface area contributed by atoms with Crippen LogP contribution in [-0.4, -0.2) is 22.3 Å². The van der Waals surface area contributed by atoms with E-state index in [1.165, 1.54) is 0 Å². The molecular weight excluding hydrogens is 232 g/mol. The molecule has 0 spiro atoms. The number of halogens is 1. The molecule has 1 saturated heterocycles. The van der Waals surface area contributed by atoms with Crippen molar-refractivity contribution in [2.24, 2.45) is 0 Å². The number of amides is 1. The zero-order valence-electron chi connectivity index (χ0n) is 6.98. The second-order valence-corrected chi connectivity index (χ2v) is 4.04. The SMILES string of the molecule is O=C1[C@H](Br)CCN1c1ccccn1. The van der Waals surface area contributed by atoms with Gasteiger partial charge in [0.2, 0.25) is 5.91 Å². The Morgan fingerprint density at radius 3 is 2.92 bits per heavy atom. The number of rotatable bonds is 1. The number of nitrogens with zero attached hydrogens (tertiary/aromatic N) is 2. The number of hydrogen-bond acceptors (Lipinski definition) is 2. The summed E-state index contributed by atoms with van der Waals surface area (Å²) in [6, 6.07) is 5.58. The number of alkyl halides is 1. The number of carbonyl (C=O) groups excluding carboxylic acids is 1. The highest BCUT2D eigenvalue weighted by molar-refractivity contribution is 9.10.